The third-order valence-corrected chi connectivity index (χ3v) is 6.08. The molecular weight excluding hydrogens is 435 g/mol. The number of hydrogen-bond acceptors (Lipinski definition) is 6. The number of aromatic nitrogens is 2. The Morgan fingerprint density at radius 2 is 1.70 bits per heavy atom. The van der Waals surface area contributed by atoms with Gasteiger partial charge in [0.25, 0.3) is 0 Å². The van der Waals surface area contributed by atoms with Crippen LogP contribution < -0.4 is 9.47 Å². The molecule has 2 aromatic rings. The summed E-state index contributed by atoms with van der Waals surface area (Å²) in [6.07, 6.45) is 0.978. The van der Waals surface area contributed by atoms with Gasteiger partial charge in [-0.15, -0.1) is 0 Å². The Bertz CT molecular complexity index is 881. The van der Waals surface area contributed by atoms with Crippen molar-refractivity contribution < 1.29 is 27.4 Å². The number of rotatable bonds is 8. The van der Waals surface area contributed by atoms with Crippen molar-refractivity contribution in [3.63, 3.8) is 0 Å². The highest BCUT2D eigenvalue weighted by molar-refractivity contribution is 5.57. The van der Waals surface area contributed by atoms with Crippen LogP contribution in [0.2, 0.25) is 0 Å². The van der Waals surface area contributed by atoms with Crippen molar-refractivity contribution in [2.45, 2.75) is 38.3 Å². The van der Waals surface area contributed by atoms with Crippen LogP contribution in [0.15, 0.2) is 30.3 Å². The Labute approximate surface area is 192 Å². The summed E-state index contributed by atoms with van der Waals surface area (Å²) in [4.78, 5) is 10.3. The summed E-state index contributed by atoms with van der Waals surface area (Å²) in [6.45, 7) is 4.95. The summed E-state index contributed by atoms with van der Waals surface area (Å²) in [7, 11) is 0. The van der Waals surface area contributed by atoms with E-state index in [1.807, 2.05) is 0 Å². The van der Waals surface area contributed by atoms with E-state index >= 15 is 0 Å². The molecule has 4 rings (SSSR count). The molecule has 1 aliphatic heterocycles. The van der Waals surface area contributed by atoms with E-state index in [0.29, 0.717) is 30.4 Å². The van der Waals surface area contributed by atoms with Crippen molar-refractivity contribution in [1.29, 1.82) is 0 Å². The summed E-state index contributed by atoms with van der Waals surface area (Å²) < 4.78 is 57.1. The van der Waals surface area contributed by atoms with E-state index in [9.17, 15) is 13.2 Å². The molecule has 0 atom stereocenters. The average molecular weight is 466 g/mol. The highest BCUT2D eigenvalue weighted by atomic mass is 19.4. The fourth-order valence-corrected chi connectivity index (χ4v) is 4.15. The van der Waals surface area contributed by atoms with E-state index in [-0.39, 0.29) is 11.7 Å². The molecule has 6 nitrogen and oxygen atoms in total. The van der Waals surface area contributed by atoms with Gasteiger partial charge in [0, 0.05) is 31.3 Å². The van der Waals surface area contributed by atoms with Crippen LogP contribution in [0, 0.1) is 5.92 Å². The van der Waals surface area contributed by atoms with Gasteiger partial charge in [-0.1, -0.05) is 19.3 Å². The lowest BCUT2D eigenvalue weighted by atomic mass is 9.90. The zero-order chi connectivity index (χ0) is 23.1. The molecule has 1 aromatic carbocycles. The van der Waals surface area contributed by atoms with E-state index in [4.69, 9.17) is 14.2 Å². The summed E-state index contributed by atoms with van der Waals surface area (Å²) in [5, 5.41) is 0. The molecule has 2 aliphatic rings. The summed E-state index contributed by atoms with van der Waals surface area (Å²) in [5.41, 5.74) is -0.527. The predicted molar refractivity (Wildman–Crippen MR) is 117 cm³/mol. The third-order valence-electron chi connectivity index (χ3n) is 6.08. The second kappa shape index (κ2) is 11.2. The molecule has 0 N–H and O–H groups in total. The summed E-state index contributed by atoms with van der Waals surface area (Å²) >= 11 is 0. The molecule has 0 amide bonds. The standard InChI is InChI=1S/C24H30F3N3O3/c25-24(26,27)21-16-22(33-17-18-4-2-1-3-5-18)29-23(28-21)19-6-8-20(9-7-19)32-15-12-30-10-13-31-14-11-30/h6-9,16,18H,1-5,10-15,17H2. The molecule has 1 aromatic heterocycles. The Hall–Kier alpha value is -2.39. The lowest BCUT2D eigenvalue weighted by molar-refractivity contribution is -0.141. The van der Waals surface area contributed by atoms with E-state index in [1.54, 1.807) is 24.3 Å². The fourth-order valence-electron chi connectivity index (χ4n) is 4.15. The second-order valence-electron chi connectivity index (χ2n) is 8.55. The number of halogens is 3. The van der Waals surface area contributed by atoms with Crippen molar-refractivity contribution in [3.05, 3.63) is 36.0 Å². The number of morpholine rings is 1. The maximum Gasteiger partial charge on any atom is 0.433 e. The minimum Gasteiger partial charge on any atom is -0.492 e. The summed E-state index contributed by atoms with van der Waals surface area (Å²) in [6, 6.07) is 7.67. The first-order chi connectivity index (χ1) is 16.0. The minimum absolute atomic E-state index is 0.0108. The van der Waals surface area contributed by atoms with Crippen molar-refractivity contribution in [2.75, 3.05) is 46.1 Å². The van der Waals surface area contributed by atoms with Gasteiger partial charge >= 0.3 is 6.18 Å². The molecule has 33 heavy (non-hydrogen) atoms. The van der Waals surface area contributed by atoms with Crippen molar-refractivity contribution >= 4 is 0 Å². The first-order valence-electron chi connectivity index (χ1n) is 11.6. The Kier molecular flexibility index (Phi) is 8.03. The molecule has 0 bridgehead atoms. The molecule has 1 aliphatic carbocycles. The van der Waals surface area contributed by atoms with Gasteiger partial charge in [0.05, 0.1) is 19.8 Å². The van der Waals surface area contributed by atoms with Crippen molar-refractivity contribution in [2.24, 2.45) is 5.92 Å². The SMILES string of the molecule is FC(F)(F)c1cc(OCC2CCCCC2)nc(-c2ccc(OCCN3CCOCC3)cc2)n1. The summed E-state index contributed by atoms with van der Waals surface area (Å²) in [5.74, 6) is 0.959. The zero-order valence-electron chi connectivity index (χ0n) is 18.6. The first-order valence-corrected chi connectivity index (χ1v) is 11.6. The van der Waals surface area contributed by atoms with Crippen LogP contribution >= 0.6 is 0 Å². The zero-order valence-corrected chi connectivity index (χ0v) is 18.6. The van der Waals surface area contributed by atoms with E-state index in [1.165, 1.54) is 6.42 Å². The molecule has 2 heterocycles. The lowest BCUT2D eigenvalue weighted by Gasteiger charge is -2.26. The van der Waals surface area contributed by atoms with Gasteiger partial charge in [-0.25, -0.2) is 4.98 Å². The van der Waals surface area contributed by atoms with Crippen LogP contribution in [0.1, 0.15) is 37.8 Å². The van der Waals surface area contributed by atoms with E-state index in [0.717, 1.165) is 64.6 Å². The minimum atomic E-state index is -4.58. The predicted octanol–water partition coefficient (Wildman–Crippen LogP) is 4.83. The van der Waals surface area contributed by atoms with Crippen LogP contribution in [-0.2, 0) is 10.9 Å². The van der Waals surface area contributed by atoms with Gasteiger partial charge in [-0.05, 0) is 43.0 Å². The molecule has 0 spiro atoms. The molecule has 9 heteroatoms. The van der Waals surface area contributed by atoms with Crippen LogP contribution in [0.25, 0.3) is 11.4 Å². The first kappa shape index (κ1) is 23.8. The quantitative estimate of drug-likeness (QED) is 0.557. The number of hydrogen-bond donors (Lipinski definition) is 0. The topological polar surface area (TPSA) is 56.7 Å². The Morgan fingerprint density at radius 1 is 0.970 bits per heavy atom. The maximum atomic E-state index is 13.4. The Balaban J connectivity index is 1.41. The fraction of sp³-hybridized carbons (Fsp3) is 0.583. The van der Waals surface area contributed by atoms with Crippen LogP contribution in [-0.4, -0.2) is 60.9 Å². The lowest BCUT2D eigenvalue weighted by Crippen LogP contribution is -2.38. The molecular formula is C24H30F3N3O3. The van der Waals surface area contributed by atoms with Gasteiger partial charge in [-0.2, -0.15) is 18.2 Å². The van der Waals surface area contributed by atoms with Gasteiger partial charge in [0.15, 0.2) is 11.5 Å². The number of alkyl halides is 3. The normalized spacial score (nSPS) is 18.3. The van der Waals surface area contributed by atoms with E-state index < -0.39 is 11.9 Å². The largest absolute Gasteiger partial charge is 0.492 e. The highest BCUT2D eigenvalue weighted by Gasteiger charge is 2.34. The Morgan fingerprint density at radius 3 is 2.39 bits per heavy atom. The van der Waals surface area contributed by atoms with Crippen LogP contribution in [0.4, 0.5) is 13.2 Å². The maximum absolute atomic E-state index is 13.4. The van der Waals surface area contributed by atoms with E-state index in [2.05, 4.69) is 14.9 Å². The molecule has 2 fully saturated rings. The number of ether oxygens (including phenoxy) is 3. The smallest absolute Gasteiger partial charge is 0.433 e. The van der Waals surface area contributed by atoms with Crippen LogP contribution in [0.3, 0.4) is 0 Å². The third kappa shape index (κ3) is 7.04. The van der Waals surface area contributed by atoms with Gasteiger partial charge in [0.2, 0.25) is 5.88 Å². The molecule has 0 unspecified atom stereocenters. The average Bonchev–Trinajstić information content (AvgIpc) is 2.84. The number of nitrogens with zero attached hydrogens (tertiary/aromatic N) is 3. The van der Waals surface area contributed by atoms with Gasteiger partial charge in [0.1, 0.15) is 12.4 Å². The van der Waals surface area contributed by atoms with Gasteiger partial charge < -0.3 is 14.2 Å². The molecule has 1 saturated heterocycles. The van der Waals surface area contributed by atoms with Crippen molar-refractivity contribution in [3.8, 4) is 23.0 Å². The highest BCUT2D eigenvalue weighted by Crippen LogP contribution is 2.32. The molecule has 1 saturated carbocycles. The van der Waals surface area contributed by atoms with Crippen LogP contribution in [0.5, 0.6) is 11.6 Å². The number of benzene rings is 1. The van der Waals surface area contributed by atoms with Crippen molar-refractivity contribution in [1.82, 2.24) is 14.9 Å². The molecule has 0 radical (unpaired) electrons. The monoisotopic (exact) mass is 465 g/mol. The second-order valence-corrected chi connectivity index (χ2v) is 8.55. The molecule has 180 valence electrons. The van der Waals surface area contributed by atoms with Gasteiger partial charge in [-0.3, -0.25) is 4.90 Å².